The van der Waals surface area contributed by atoms with Crippen LogP contribution >= 0.6 is 11.6 Å². The van der Waals surface area contributed by atoms with E-state index in [0.29, 0.717) is 24.4 Å². The molecule has 0 radical (unpaired) electrons. The minimum Gasteiger partial charge on any atom is -0.478 e. The number of hydrogen-bond donors (Lipinski definition) is 1. The smallest absolute Gasteiger partial charge is 0.225 e. The fourth-order valence-corrected chi connectivity index (χ4v) is 1.54. The van der Waals surface area contributed by atoms with Crippen LogP contribution in [0.4, 0.5) is 5.95 Å². The molecule has 0 aliphatic heterocycles. The first-order valence-electron chi connectivity index (χ1n) is 6.02. The van der Waals surface area contributed by atoms with Gasteiger partial charge in [0.15, 0.2) is 0 Å². The van der Waals surface area contributed by atoms with Gasteiger partial charge >= 0.3 is 0 Å². The third kappa shape index (κ3) is 5.73. The number of hydrogen-bond acceptors (Lipinski definition) is 4. The molecule has 0 saturated heterocycles. The second-order valence-electron chi connectivity index (χ2n) is 3.98. The molecule has 0 fully saturated rings. The third-order valence-electron chi connectivity index (χ3n) is 2.34. The Morgan fingerprint density at radius 1 is 1.53 bits per heavy atom. The predicted molar refractivity (Wildman–Crippen MR) is 70.8 cm³/mol. The van der Waals surface area contributed by atoms with Crippen LogP contribution in [0.25, 0.3) is 0 Å². The monoisotopic (exact) mass is 257 g/mol. The maximum atomic E-state index is 5.74. The average Bonchev–Trinajstić information content (AvgIpc) is 2.35. The van der Waals surface area contributed by atoms with Gasteiger partial charge in [-0.15, -0.1) is 11.6 Å². The van der Waals surface area contributed by atoms with Gasteiger partial charge in [0.1, 0.15) is 0 Å². The Morgan fingerprint density at radius 3 is 3.06 bits per heavy atom. The molecule has 1 atom stereocenters. The number of aromatic nitrogens is 2. The minimum atomic E-state index is 0.564. The number of nitrogens with zero attached hydrogens (tertiary/aromatic N) is 2. The highest BCUT2D eigenvalue weighted by atomic mass is 35.5. The number of alkyl halides is 1. The fraction of sp³-hybridized carbons (Fsp3) is 0.667. The van der Waals surface area contributed by atoms with Gasteiger partial charge in [-0.1, -0.05) is 6.92 Å². The first-order chi connectivity index (χ1) is 8.26. The summed E-state index contributed by atoms with van der Waals surface area (Å²) in [5.74, 6) is 2.51. The Kier molecular flexibility index (Phi) is 6.70. The lowest BCUT2D eigenvalue weighted by atomic mass is 10.1. The number of ether oxygens (including phenoxy) is 1. The quantitative estimate of drug-likeness (QED) is 0.575. The summed E-state index contributed by atoms with van der Waals surface area (Å²) in [5, 5.41) is 3.18. The van der Waals surface area contributed by atoms with E-state index < -0.39 is 0 Å². The van der Waals surface area contributed by atoms with Crippen molar-refractivity contribution in [3.05, 3.63) is 12.3 Å². The fourth-order valence-electron chi connectivity index (χ4n) is 1.38. The van der Waals surface area contributed by atoms with E-state index in [0.717, 1.165) is 25.3 Å². The molecule has 1 aromatic heterocycles. The maximum absolute atomic E-state index is 5.74. The normalized spacial score (nSPS) is 12.2. The van der Waals surface area contributed by atoms with Crippen LogP contribution in [0.1, 0.15) is 26.7 Å². The van der Waals surface area contributed by atoms with Crippen LogP contribution in [-0.4, -0.2) is 29.0 Å². The van der Waals surface area contributed by atoms with Crippen LogP contribution in [-0.2, 0) is 0 Å². The van der Waals surface area contributed by atoms with Crippen LogP contribution in [0.2, 0.25) is 0 Å². The molecule has 0 aromatic carbocycles. The summed E-state index contributed by atoms with van der Waals surface area (Å²) in [5.41, 5.74) is 0. The van der Waals surface area contributed by atoms with Crippen molar-refractivity contribution in [2.75, 3.05) is 24.3 Å². The molecule has 0 saturated carbocycles. The Hall–Kier alpha value is -1.03. The predicted octanol–water partition coefficient (Wildman–Crippen LogP) is 2.94. The van der Waals surface area contributed by atoms with E-state index in [-0.39, 0.29) is 0 Å². The van der Waals surface area contributed by atoms with Gasteiger partial charge in [-0.25, -0.2) is 4.98 Å². The zero-order valence-corrected chi connectivity index (χ0v) is 11.2. The molecule has 1 N–H and O–H groups in total. The molecule has 0 bridgehead atoms. The topological polar surface area (TPSA) is 47.0 Å². The highest BCUT2D eigenvalue weighted by Gasteiger charge is 2.01. The highest BCUT2D eigenvalue weighted by molar-refractivity contribution is 6.18. The van der Waals surface area contributed by atoms with Crippen molar-refractivity contribution >= 4 is 17.5 Å². The highest BCUT2D eigenvalue weighted by Crippen LogP contribution is 2.10. The zero-order valence-electron chi connectivity index (χ0n) is 10.4. The first-order valence-corrected chi connectivity index (χ1v) is 6.55. The summed E-state index contributed by atoms with van der Waals surface area (Å²) in [7, 11) is 0. The van der Waals surface area contributed by atoms with Crippen LogP contribution in [0, 0.1) is 5.92 Å². The van der Waals surface area contributed by atoms with Crippen LogP contribution in [0.5, 0.6) is 5.88 Å². The van der Waals surface area contributed by atoms with Crippen molar-refractivity contribution in [2.45, 2.75) is 26.7 Å². The Balaban J connectivity index is 2.28. The van der Waals surface area contributed by atoms with Crippen molar-refractivity contribution in [1.82, 2.24) is 9.97 Å². The van der Waals surface area contributed by atoms with E-state index in [1.54, 1.807) is 12.3 Å². The SMILES string of the molecule is CCOc1ccnc(NCCCC(C)CCl)n1. The zero-order chi connectivity index (χ0) is 12.5. The number of halogens is 1. The summed E-state index contributed by atoms with van der Waals surface area (Å²) in [4.78, 5) is 8.36. The van der Waals surface area contributed by atoms with Gasteiger partial charge in [-0.3, -0.25) is 0 Å². The van der Waals surface area contributed by atoms with E-state index in [1.165, 1.54) is 0 Å². The standard InChI is InChI=1S/C12H20ClN3O/c1-3-17-11-6-8-15-12(16-11)14-7-4-5-10(2)9-13/h6,8,10H,3-5,7,9H2,1-2H3,(H,14,15,16). The van der Waals surface area contributed by atoms with E-state index in [4.69, 9.17) is 16.3 Å². The number of nitrogens with one attached hydrogen (secondary N) is 1. The Labute approximate surface area is 108 Å². The molecular formula is C12H20ClN3O. The van der Waals surface area contributed by atoms with Crippen molar-refractivity contribution < 1.29 is 4.74 Å². The second-order valence-corrected chi connectivity index (χ2v) is 4.29. The van der Waals surface area contributed by atoms with E-state index in [1.807, 2.05) is 6.92 Å². The minimum absolute atomic E-state index is 0.564. The van der Waals surface area contributed by atoms with Crippen molar-refractivity contribution in [3.63, 3.8) is 0 Å². The lowest BCUT2D eigenvalue weighted by molar-refractivity contribution is 0.326. The molecule has 0 aliphatic carbocycles. The number of rotatable bonds is 8. The number of anilines is 1. The lowest BCUT2D eigenvalue weighted by Crippen LogP contribution is -2.08. The van der Waals surface area contributed by atoms with E-state index >= 15 is 0 Å². The van der Waals surface area contributed by atoms with E-state index in [9.17, 15) is 0 Å². The summed E-state index contributed by atoms with van der Waals surface area (Å²) < 4.78 is 5.30. The first kappa shape index (κ1) is 14.0. The molecule has 0 amide bonds. The maximum Gasteiger partial charge on any atom is 0.225 e. The van der Waals surface area contributed by atoms with Crippen molar-refractivity contribution in [1.29, 1.82) is 0 Å². The van der Waals surface area contributed by atoms with Crippen LogP contribution in [0.3, 0.4) is 0 Å². The molecule has 0 aliphatic rings. The van der Waals surface area contributed by atoms with Crippen molar-refractivity contribution in [2.24, 2.45) is 5.92 Å². The summed E-state index contributed by atoms with van der Waals surface area (Å²) in [6.45, 7) is 5.56. The van der Waals surface area contributed by atoms with Gasteiger partial charge in [0.05, 0.1) is 6.61 Å². The lowest BCUT2D eigenvalue weighted by Gasteiger charge is -2.08. The van der Waals surface area contributed by atoms with Crippen LogP contribution < -0.4 is 10.1 Å². The molecular weight excluding hydrogens is 238 g/mol. The molecule has 1 heterocycles. The summed E-state index contributed by atoms with van der Waals surface area (Å²) in [6, 6.07) is 1.75. The van der Waals surface area contributed by atoms with Crippen LogP contribution in [0.15, 0.2) is 12.3 Å². The van der Waals surface area contributed by atoms with Gasteiger partial charge in [0, 0.05) is 24.7 Å². The molecule has 96 valence electrons. The molecule has 1 unspecified atom stereocenters. The molecule has 1 rings (SSSR count). The van der Waals surface area contributed by atoms with Gasteiger partial charge < -0.3 is 10.1 Å². The van der Waals surface area contributed by atoms with Gasteiger partial charge in [-0.2, -0.15) is 4.98 Å². The van der Waals surface area contributed by atoms with Gasteiger partial charge in [0.2, 0.25) is 11.8 Å². The average molecular weight is 258 g/mol. The van der Waals surface area contributed by atoms with Crippen molar-refractivity contribution in [3.8, 4) is 5.88 Å². The third-order valence-corrected chi connectivity index (χ3v) is 2.87. The van der Waals surface area contributed by atoms with Gasteiger partial charge in [-0.05, 0) is 25.7 Å². The molecule has 17 heavy (non-hydrogen) atoms. The largest absolute Gasteiger partial charge is 0.478 e. The Morgan fingerprint density at radius 2 is 2.35 bits per heavy atom. The molecule has 5 heteroatoms. The summed E-state index contributed by atoms with van der Waals surface area (Å²) >= 11 is 5.74. The molecule has 0 spiro atoms. The molecule has 1 aromatic rings. The second kappa shape index (κ2) is 8.12. The summed E-state index contributed by atoms with van der Waals surface area (Å²) in [6.07, 6.45) is 3.87. The molecule has 4 nitrogen and oxygen atoms in total. The Bertz CT molecular complexity index is 322. The van der Waals surface area contributed by atoms with Gasteiger partial charge in [0.25, 0.3) is 0 Å². The van der Waals surface area contributed by atoms with E-state index in [2.05, 4.69) is 22.2 Å².